The van der Waals surface area contributed by atoms with Crippen LogP contribution in [0, 0.1) is 0 Å². The molecule has 0 aromatic heterocycles. The van der Waals surface area contributed by atoms with Gasteiger partial charge in [0.25, 0.3) is 0 Å². The number of unbranched alkanes of at least 4 members (excludes halogenated alkanes) is 4. The van der Waals surface area contributed by atoms with E-state index in [2.05, 4.69) is 125 Å². The molecule has 232 valence electrons. The van der Waals surface area contributed by atoms with Crippen molar-refractivity contribution < 1.29 is 0 Å². The van der Waals surface area contributed by atoms with Crippen molar-refractivity contribution >= 4 is 20.2 Å². The van der Waals surface area contributed by atoms with Gasteiger partial charge in [-0.2, -0.15) is 0 Å². The summed E-state index contributed by atoms with van der Waals surface area (Å²) in [5.74, 6) is 0. The van der Waals surface area contributed by atoms with Crippen molar-refractivity contribution in [1.82, 2.24) is 0 Å². The fourth-order valence-electron chi connectivity index (χ4n) is 8.33. The standard InChI is InChI=1S/C44H52Si/c1-5-9-15-27-45(28-16-10-6-2,37-29-35-21-17-25-41(43(35)31-37)39-23-13-11-19-33(39)7-3)38-30-36-22-18-26-42(44(36)32-38)40-24-14-12-20-34(40)8-4/h11-14,17-26,31-32H,5-10,15-16,27-30H2,1-4H3. The SMILES string of the molecule is CCCCC[Si](CCCCC)(C1=Cc2c(cccc2-c2ccccc2CC)C1)C1=Cc2c(cccc2-c2ccccc2CC)C1. The molecule has 4 aromatic rings. The first-order chi connectivity index (χ1) is 22.1. The first kappa shape index (κ1) is 31.6. The Morgan fingerprint density at radius 1 is 0.467 bits per heavy atom. The van der Waals surface area contributed by atoms with Gasteiger partial charge in [-0.05, 0) is 93.4 Å². The summed E-state index contributed by atoms with van der Waals surface area (Å²) in [6, 6.07) is 35.2. The Balaban J connectivity index is 1.49. The minimum atomic E-state index is -1.97. The summed E-state index contributed by atoms with van der Waals surface area (Å²) >= 11 is 0. The molecule has 2 aliphatic carbocycles. The molecular formula is C44H52Si. The molecule has 4 aromatic carbocycles. The van der Waals surface area contributed by atoms with E-state index in [9.17, 15) is 0 Å². The number of rotatable bonds is 14. The van der Waals surface area contributed by atoms with E-state index in [1.807, 2.05) is 0 Å². The van der Waals surface area contributed by atoms with E-state index < -0.39 is 8.07 Å². The molecule has 0 amide bonds. The Morgan fingerprint density at radius 2 is 0.889 bits per heavy atom. The molecule has 0 N–H and O–H groups in total. The lowest BCUT2D eigenvalue weighted by molar-refractivity contribution is 0.739. The Morgan fingerprint density at radius 3 is 1.31 bits per heavy atom. The van der Waals surface area contributed by atoms with Gasteiger partial charge in [0.15, 0.2) is 0 Å². The number of aryl methyl sites for hydroxylation is 2. The van der Waals surface area contributed by atoms with Gasteiger partial charge in [0.2, 0.25) is 0 Å². The van der Waals surface area contributed by atoms with E-state index in [1.165, 1.54) is 95.1 Å². The van der Waals surface area contributed by atoms with Crippen LogP contribution in [0.5, 0.6) is 0 Å². The van der Waals surface area contributed by atoms with E-state index in [-0.39, 0.29) is 0 Å². The van der Waals surface area contributed by atoms with Crippen LogP contribution < -0.4 is 0 Å². The summed E-state index contributed by atoms with van der Waals surface area (Å²) in [7, 11) is -1.97. The molecule has 0 heterocycles. The van der Waals surface area contributed by atoms with Crippen molar-refractivity contribution in [2.45, 2.75) is 104 Å². The zero-order valence-electron chi connectivity index (χ0n) is 28.2. The lowest BCUT2D eigenvalue weighted by atomic mass is 9.93. The van der Waals surface area contributed by atoms with E-state index in [4.69, 9.17) is 0 Å². The molecule has 0 bridgehead atoms. The molecular weight excluding hydrogens is 557 g/mol. The maximum absolute atomic E-state index is 2.72. The van der Waals surface area contributed by atoms with E-state index in [1.54, 1.807) is 21.5 Å². The average molecular weight is 609 g/mol. The second kappa shape index (κ2) is 14.3. The molecule has 6 rings (SSSR count). The summed E-state index contributed by atoms with van der Waals surface area (Å²) in [5.41, 5.74) is 14.7. The maximum Gasteiger partial charge on any atom is 0.109 e. The van der Waals surface area contributed by atoms with Crippen LogP contribution in [0.3, 0.4) is 0 Å². The van der Waals surface area contributed by atoms with Crippen molar-refractivity contribution in [1.29, 1.82) is 0 Å². The molecule has 2 aliphatic rings. The Bertz CT molecular complexity index is 1570. The summed E-state index contributed by atoms with van der Waals surface area (Å²) < 4.78 is 0. The zero-order chi connectivity index (χ0) is 31.2. The first-order valence-electron chi connectivity index (χ1n) is 18.0. The summed E-state index contributed by atoms with van der Waals surface area (Å²) in [6.45, 7) is 9.31. The number of hydrogen-bond acceptors (Lipinski definition) is 0. The van der Waals surface area contributed by atoms with Crippen LogP contribution in [0.15, 0.2) is 95.3 Å². The highest BCUT2D eigenvalue weighted by Crippen LogP contribution is 2.48. The Labute approximate surface area is 274 Å². The number of fused-ring (bicyclic) bond motifs is 2. The fourth-order valence-corrected chi connectivity index (χ4v) is 13.9. The van der Waals surface area contributed by atoms with Crippen LogP contribution in [-0.4, -0.2) is 8.07 Å². The molecule has 0 saturated heterocycles. The molecule has 45 heavy (non-hydrogen) atoms. The molecule has 0 fully saturated rings. The predicted molar refractivity (Wildman–Crippen MR) is 200 cm³/mol. The van der Waals surface area contributed by atoms with Crippen LogP contribution >= 0.6 is 0 Å². The Hall–Kier alpha value is -3.42. The van der Waals surface area contributed by atoms with E-state index in [0.29, 0.717) is 0 Å². The van der Waals surface area contributed by atoms with Gasteiger partial charge in [0.05, 0.1) is 0 Å². The van der Waals surface area contributed by atoms with Crippen LogP contribution in [0.25, 0.3) is 34.4 Å². The quantitative estimate of drug-likeness (QED) is 0.0986. The second-order valence-electron chi connectivity index (χ2n) is 13.5. The summed E-state index contributed by atoms with van der Waals surface area (Å²) in [4.78, 5) is 0. The van der Waals surface area contributed by atoms with Crippen LogP contribution in [0.4, 0.5) is 0 Å². The van der Waals surface area contributed by atoms with Crippen molar-refractivity contribution in [2.75, 3.05) is 0 Å². The molecule has 0 saturated carbocycles. The Kier molecular flexibility index (Phi) is 10.1. The van der Waals surface area contributed by atoms with Crippen LogP contribution in [-0.2, 0) is 25.7 Å². The zero-order valence-corrected chi connectivity index (χ0v) is 29.2. The van der Waals surface area contributed by atoms with Gasteiger partial charge in [-0.1, -0.05) is 174 Å². The largest absolute Gasteiger partial charge is 0.109 e. The lowest BCUT2D eigenvalue weighted by Crippen LogP contribution is -2.40. The monoisotopic (exact) mass is 608 g/mol. The van der Waals surface area contributed by atoms with Gasteiger partial charge in [-0.15, -0.1) is 0 Å². The first-order valence-corrected chi connectivity index (χ1v) is 20.4. The van der Waals surface area contributed by atoms with Crippen LogP contribution in [0.2, 0.25) is 12.1 Å². The predicted octanol–water partition coefficient (Wildman–Crippen LogP) is 12.6. The normalized spacial score (nSPS) is 13.9. The lowest BCUT2D eigenvalue weighted by Gasteiger charge is -2.36. The van der Waals surface area contributed by atoms with E-state index in [0.717, 1.165) is 25.7 Å². The van der Waals surface area contributed by atoms with Gasteiger partial charge in [-0.3, -0.25) is 0 Å². The van der Waals surface area contributed by atoms with Crippen molar-refractivity contribution in [3.05, 3.63) is 129 Å². The number of hydrogen-bond donors (Lipinski definition) is 0. The number of allylic oxidation sites excluding steroid dienone is 2. The van der Waals surface area contributed by atoms with Gasteiger partial charge >= 0.3 is 0 Å². The van der Waals surface area contributed by atoms with Crippen molar-refractivity contribution in [2.24, 2.45) is 0 Å². The highest BCUT2D eigenvalue weighted by Gasteiger charge is 2.43. The molecule has 0 radical (unpaired) electrons. The fraction of sp³-hybridized carbons (Fsp3) is 0.364. The van der Waals surface area contributed by atoms with Gasteiger partial charge in [-0.25, -0.2) is 0 Å². The molecule has 0 aliphatic heterocycles. The maximum atomic E-state index is 2.72. The van der Waals surface area contributed by atoms with Crippen LogP contribution in [0.1, 0.15) is 99.6 Å². The van der Waals surface area contributed by atoms with Gasteiger partial charge in [0, 0.05) is 0 Å². The average Bonchev–Trinajstić information content (AvgIpc) is 3.73. The highest BCUT2D eigenvalue weighted by molar-refractivity contribution is 6.94. The minimum absolute atomic E-state index is 1.07. The van der Waals surface area contributed by atoms with Crippen molar-refractivity contribution in [3.8, 4) is 22.3 Å². The molecule has 0 spiro atoms. The molecule has 0 atom stereocenters. The second-order valence-corrected chi connectivity index (χ2v) is 17.9. The summed E-state index contributed by atoms with van der Waals surface area (Å²) in [5, 5.41) is 3.61. The molecule has 0 unspecified atom stereocenters. The third kappa shape index (κ3) is 6.21. The third-order valence-electron chi connectivity index (χ3n) is 10.8. The van der Waals surface area contributed by atoms with E-state index >= 15 is 0 Å². The highest BCUT2D eigenvalue weighted by atomic mass is 28.3. The smallest absolute Gasteiger partial charge is 0.0709 e. The van der Waals surface area contributed by atoms with Gasteiger partial charge < -0.3 is 0 Å². The molecule has 1 heteroatoms. The third-order valence-corrected chi connectivity index (χ3v) is 16.3. The van der Waals surface area contributed by atoms with Gasteiger partial charge in [0.1, 0.15) is 8.07 Å². The topological polar surface area (TPSA) is 0 Å². The number of benzene rings is 4. The minimum Gasteiger partial charge on any atom is -0.0709 e. The molecule has 0 nitrogen and oxygen atoms in total. The van der Waals surface area contributed by atoms with Crippen molar-refractivity contribution in [3.63, 3.8) is 0 Å². The summed E-state index contributed by atoms with van der Waals surface area (Å²) in [6.07, 6.45) is 17.8.